The number of urea groups is 1. The highest BCUT2D eigenvalue weighted by molar-refractivity contribution is 6.31. The van der Waals surface area contributed by atoms with Gasteiger partial charge in [0.25, 0.3) is 5.91 Å². The fourth-order valence-corrected chi connectivity index (χ4v) is 3.93. The van der Waals surface area contributed by atoms with Crippen LogP contribution in [0.5, 0.6) is 0 Å². The third-order valence-electron chi connectivity index (χ3n) is 5.29. The topological polar surface area (TPSA) is 99.9 Å². The molecule has 2 atom stereocenters. The van der Waals surface area contributed by atoms with Gasteiger partial charge in [-0.05, 0) is 25.1 Å². The van der Waals surface area contributed by atoms with Crippen LogP contribution in [0.2, 0.25) is 5.02 Å². The van der Waals surface area contributed by atoms with Gasteiger partial charge in [-0.2, -0.15) is 5.10 Å². The summed E-state index contributed by atoms with van der Waals surface area (Å²) in [7, 11) is 1.48. The standard InChI is InChI=1S/C19H21ClFN5O4/c1-10-5-16-13(17-18(28)24(2)30-12(9-27)7-26(17)23-16)8-25(10)19(29)22-11-3-4-15(21)14(20)6-11/h3-4,6,10,12,27H,5,7-9H2,1-2H3,(H,22,29). The van der Waals surface area contributed by atoms with Crippen LogP contribution in [-0.4, -0.2) is 62.6 Å². The van der Waals surface area contributed by atoms with E-state index in [-0.39, 0.29) is 36.7 Å². The molecule has 2 aliphatic heterocycles. The van der Waals surface area contributed by atoms with E-state index in [1.807, 2.05) is 6.92 Å². The molecule has 11 heteroatoms. The quantitative estimate of drug-likeness (QED) is 0.748. The van der Waals surface area contributed by atoms with Gasteiger partial charge in [-0.3, -0.25) is 14.3 Å². The Kier molecular flexibility index (Phi) is 5.39. The molecular formula is C19H21ClFN5O4. The van der Waals surface area contributed by atoms with Gasteiger partial charge < -0.3 is 15.3 Å². The number of rotatable bonds is 2. The Bertz CT molecular complexity index is 1010. The molecule has 2 aliphatic rings. The second-order valence-electron chi connectivity index (χ2n) is 7.41. The molecule has 4 rings (SSSR count). The lowest BCUT2D eigenvalue weighted by molar-refractivity contribution is -0.159. The van der Waals surface area contributed by atoms with Crippen LogP contribution in [0, 0.1) is 5.82 Å². The molecule has 0 saturated carbocycles. The van der Waals surface area contributed by atoms with E-state index in [4.69, 9.17) is 16.4 Å². The van der Waals surface area contributed by atoms with Crippen molar-refractivity contribution in [3.05, 3.63) is 46.0 Å². The van der Waals surface area contributed by atoms with Crippen molar-refractivity contribution in [2.24, 2.45) is 0 Å². The number of halogens is 2. The zero-order valence-corrected chi connectivity index (χ0v) is 17.2. The second kappa shape index (κ2) is 7.86. The van der Waals surface area contributed by atoms with Gasteiger partial charge in [-0.15, -0.1) is 0 Å². The Balaban J connectivity index is 1.61. The van der Waals surface area contributed by atoms with E-state index in [0.717, 1.165) is 10.8 Å². The molecule has 9 nitrogen and oxygen atoms in total. The highest BCUT2D eigenvalue weighted by Crippen LogP contribution is 2.29. The fourth-order valence-electron chi connectivity index (χ4n) is 3.75. The molecule has 3 heterocycles. The summed E-state index contributed by atoms with van der Waals surface area (Å²) < 4.78 is 14.9. The lowest BCUT2D eigenvalue weighted by Crippen LogP contribution is -2.45. The first-order chi connectivity index (χ1) is 14.3. The number of anilines is 1. The number of hydrogen-bond acceptors (Lipinski definition) is 5. The zero-order chi connectivity index (χ0) is 21.6. The van der Waals surface area contributed by atoms with E-state index >= 15 is 0 Å². The molecule has 0 spiro atoms. The number of hydrogen-bond donors (Lipinski definition) is 2. The van der Waals surface area contributed by atoms with Crippen LogP contribution in [0.15, 0.2) is 18.2 Å². The van der Waals surface area contributed by atoms with Gasteiger partial charge in [0.05, 0.1) is 30.4 Å². The van der Waals surface area contributed by atoms with Gasteiger partial charge in [0.15, 0.2) is 0 Å². The molecule has 0 bridgehead atoms. The highest BCUT2D eigenvalue weighted by Gasteiger charge is 2.37. The number of nitrogens with one attached hydrogen (secondary N) is 1. The normalized spacial score (nSPS) is 21.2. The third-order valence-corrected chi connectivity index (χ3v) is 5.58. The molecule has 0 radical (unpaired) electrons. The van der Waals surface area contributed by atoms with E-state index in [9.17, 15) is 19.1 Å². The number of amides is 3. The summed E-state index contributed by atoms with van der Waals surface area (Å²) in [5.74, 6) is -0.959. The number of aliphatic hydroxyl groups is 1. The van der Waals surface area contributed by atoms with Crippen molar-refractivity contribution in [1.82, 2.24) is 19.7 Å². The molecule has 1 aromatic carbocycles. The lowest BCUT2D eigenvalue weighted by Gasteiger charge is -2.33. The van der Waals surface area contributed by atoms with E-state index in [1.165, 1.54) is 25.2 Å². The average Bonchev–Trinajstić information content (AvgIpc) is 2.99. The van der Waals surface area contributed by atoms with Crippen molar-refractivity contribution < 1.29 is 23.9 Å². The van der Waals surface area contributed by atoms with Crippen LogP contribution >= 0.6 is 11.6 Å². The summed E-state index contributed by atoms with van der Waals surface area (Å²) in [6.07, 6.45) is -0.129. The van der Waals surface area contributed by atoms with Gasteiger partial charge in [0.2, 0.25) is 0 Å². The number of nitrogens with zero attached hydrogens (tertiary/aromatic N) is 4. The first-order valence-corrected chi connectivity index (χ1v) is 9.83. The molecule has 2 aromatic rings. The fraction of sp³-hybridized carbons (Fsp3) is 0.421. The second-order valence-corrected chi connectivity index (χ2v) is 7.82. The van der Waals surface area contributed by atoms with Crippen LogP contribution in [0.25, 0.3) is 0 Å². The number of fused-ring (bicyclic) bond motifs is 3. The molecule has 30 heavy (non-hydrogen) atoms. The van der Waals surface area contributed by atoms with Gasteiger partial charge in [0.1, 0.15) is 17.6 Å². The molecule has 0 saturated heterocycles. The van der Waals surface area contributed by atoms with Crippen molar-refractivity contribution in [2.75, 3.05) is 19.0 Å². The minimum Gasteiger partial charge on any atom is -0.393 e. The molecule has 0 fully saturated rings. The van der Waals surface area contributed by atoms with E-state index < -0.39 is 18.0 Å². The first-order valence-electron chi connectivity index (χ1n) is 9.45. The molecule has 3 amide bonds. The zero-order valence-electron chi connectivity index (χ0n) is 16.4. The Morgan fingerprint density at radius 2 is 2.23 bits per heavy atom. The Morgan fingerprint density at radius 1 is 1.47 bits per heavy atom. The SMILES string of the molecule is CC1Cc2nn3c(c2CN1C(=O)Nc1ccc(F)c(Cl)c1)C(=O)N(C)OC(CO)C3. The van der Waals surface area contributed by atoms with Crippen molar-refractivity contribution in [3.63, 3.8) is 0 Å². The number of hydroxylamine groups is 2. The highest BCUT2D eigenvalue weighted by atomic mass is 35.5. The summed E-state index contributed by atoms with van der Waals surface area (Å²) >= 11 is 5.79. The molecule has 2 N–H and O–H groups in total. The minimum absolute atomic E-state index is 0.0872. The number of aliphatic hydroxyl groups excluding tert-OH is 1. The Morgan fingerprint density at radius 3 is 2.93 bits per heavy atom. The van der Waals surface area contributed by atoms with E-state index in [0.29, 0.717) is 23.4 Å². The van der Waals surface area contributed by atoms with Gasteiger partial charge in [-0.1, -0.05) is 11.6 Å². The van der Waals surface area contributed by atoms with Crippen LogP contribution in [-0.2, 0) is 24.3 Å². The van der Waals surface area contributed by atoms with Crippen LogP contribution < -0.4 is 5.32 Å². The molecule has 0 aliphatic carbocycles. The van der Waals surface area contributed by atoms with Crippen molar-refractivity contribution in [3.8, 4) is 0 Å². The number of carbonyl (C=O) groups is 2. The predicted molar refractivity (Wildman–Crippen MR) is 105 cm³/mol. The largest absolute Gasteiger partial charge is 0.393 e. The Hall–Kier alpha value is -2.69. The van der Waals surface area contributed by atoms with Gasteiger partial charge >= 0.3 is 6.03 Å². The van der Waals surface area contributed by atoms with Crippen LogP contribution in [0.1, 0.15) is 28.7 Å². The molecular weight excluding hydrogens is 417 g/mol. The van der Waals surface area contributed by atoms with Gasteiger partial charge in [-0.25, -0.2) is 14.2 Å². The molecule has 1 aromatic heterocycles. The number of carbonyl (C=O) groups excluding carboxylic acids is 2. The van der Waals surface area contributed by atoms with Crippen molar-refractivity contribution in [1.29, 1.82) is 0 Å². The van der Waals surface area contributed by atoms with Crippen molar-refractivity contribution >= 4 is 29.2 Å². The van der Waals surface area contributed by atoms with Crippen molar-refractivity contribution in [2.45, 2.75) is 38.6 Å². The summed E-state index contributed by atoms with van der Waals surface area (Å²) in [5, 5.41) is 17.7. The Labute approximate surface area is 176 Å². The summed E-state index contributed by atoms with van der Waals surface area (Å²) in [6.45, 7) is 2.03. The maximum Gasteiger partial charge on any atom is 0.322 e. The first kappa shape index (κ1) is 20.6. The smallest absolute Gasteiger partial charge is 0.322 e. The number of benzene rings is 1. The molecule has 160 valence electrons. The predicted octanol–water partition coefficient (Wildman–Crippen LogP) is 2.03. The summed E-state index contributed by atoms with van der Waals surface area (Å²) in [4.78, 5) is 32.7. The maximum atomic E-state index is 13.4. The summed E-state index contributed by atoms with van der Waals surface area (Å²) in [6, 6.07) is 3.38. The molecule has 2 unspecified atom stereocenters. The van der Waals surface area contributed by atoms with Crippen LogP contribution in [0.3, 0.4) is 0 Å². The minimum atomic E-state index is -0.596. The third kappa shape index (κ3) is 3.62. The van der Waals surface area contributed by atoms with E-state index in [1.54, 1.807) is 9.58 Å². The lowest BCUT2D eigenvalue weighted by atomic mass is 9.99. The van der Waals surface area contributed by atoms with E-state index in [2.05, 4.69) is 10.4 Å². The van der Waals surface area contributed by atoms with Gasteiger partial charge in [0, 0.05) is 30.8 Å². The number of aromatic nitrogens is 2. The maximum absolute atomic E-state index is 13.4. The average molecular weight is 438 g/mol. The monoisotopic (exact) mass is 437 g/mol. The summed E-state index contributed by atoms with van der Waals surface area (Å²) in [5.41, 5.74) is 2.11. The van der Waals surface area contributed by atoms with Crippen LogP contribution in [0.4, 0.5) is 14.9 Å².